The topological polar surface area (TPSA) is 41.1 Å². The molecule has 2 aliphatic rings. The summed E-state index contributed by atoms with van der Waals surface area (Å²) >= 11 is 0. The Bertz CT molecular complexity index is 441. The minimum Gasteiger partial charge on any atom is -0.373 e. The van der Waals surface area contributed by atoms with Gasteiger partial charge in [0.25, 0.3) is 0 Å². The van der Waals surface area contributed by atoms with E-state index in [2.05, 4.69) is 16.7 Å². The van der Waals surface area contributed by atoms with Crippen molar-refractivity contribution in [2.45, 2.75) is 51.0 Å². The highest BCUT2D eigenvalue weighted by molar-refractivity contribution is 5.87. The first-order valence-corrected chi connectivity index (χ1v) is 7.95. The fourth-order valence-corrected chi connectivity index (χ4v) is 3.48. The number of nitrogens with one attached hydrogen (secondary N) is 2. The number of rotatable bonds is 5. The van der Waals surface area contributed by atoms with Crippen molar-refractivity contribution in [1.29, 1.82) is 0 Å². The van der Waals surface area contributed by atoms with E-state index in [-0.39, 0.29) is 11.9 Å². The lowest BCUT2D eigenvalue weighted by Crippen LogP contribution is -2.38. The molecule has 1 aromatic rings. The second kappa shape index (κ2) is 6.29. The minimum atomic E-state index is -0.0844. The Morgan fingerprint density at radius 2 is 2.05 bits per heavy atom. The molecule has 0 bridgehead atoms. The van der Waals surface area contributed by atoms with Crippen LogP contribution < -0.4 is 10.6 Å². The lowest BCUT2D eigenvalue weighted by atomic mass is 10.0. The van der Waals surface area contributed by atoms with Crippen LogP contribution >= 0.6 is 0 Å². The largest absolute Gasteiger partial charge is 0.373 e. The molecule has 1 atom stereocenters. The number of hydrogen-bond acceptors (Lipinski definition) is 2. The summed E-state index contributed by atoms with van der Waals surface area (Å²) in [6.45, 7) is 0.823. The first-order chi connectivity index (χ1) is 9.83. The molecule has 3 nitrogen and oxygen atoms in total. The highest BCUT2D eigenvalue weighted by Crippen LogP contribution is 2.28. The van der Waals surface area contributed by atoms with Gasteiger partial charge in [-0.3, -0.25) is 4.79 Å². The van der Waals surface area contributed by atoms with E-state index in [0.29, 0.717) is 0 Å². The molecule has 3 rings (SSSR count). The third kappa shape index (κ3) is 3.14. The molecule has 0 spiro atoms. The number of fused-ring (bicyclic) bond motifs is 1. The van der Waals surface area contributed by atoms with Crippen molar-refractivity contribution in [2.24, 2.45) is 5.92 Å². The SMILES string of the molecule is O=C(NCCCC1CCCC1)C1Cc2ccccc2N1. The summed E-state index contributed by atoms with van der Waals surface area (Å²) < 4.78 is 0. The van der Waals surface area contributed by atoms with Crippen LogP contribution in [0, 0.1) is 5.92 Å². The van der Waals surface area contributed by atoms with E-state index in [4.69, 9.17) is 0 Å². The molecule has 0 radical (unpaired) electrons. The van der Waals surface area contributed by atoms with Crippen LogP contribution in [0.1, 0.15) is 44.1 Å². The summed E-state index contributed by atoms with van der Waals surface area (Å²) in [6.07, 6.45) is 8.81. The maximum Gasteiger partial charge on any atom is 0.242 e. The Balaban J connectivity index is 1.38. The molecule has 0 aromatic heterocycles. The predicted molar refractivity (Wildman–Crippen MR) is 81.8 cm³/mol. The van der Waals surface area contributed by atoms with Crippen LogP contribution in [-0.2, 0) is 11.2 Å². The van der Waals surface area contributed by atoms with E-state index in [1.807, 2.05) is 18.2 Å². The molecular formula is C17H24N2O. The third-order valence-electron chi connectivity index (χ3n) is 4.65. The average Bonchev–Trinajstić information content (AvgIpc) is 3.12. The summed E-state index contributed by atoms with van der Waals surface area (Å²) in [5, 5.41) is 6.39. The highest BCUT2D eigenvalue weighted by Gasteiger charge is 2.25. The number of para-hydroxylation sites is 1. The van der Waals surface area contributed by atoms with E-state index in [9.17, 15) is 4.79 Å². The maximum absolute atomic E-state index is 12.1. The fourth-order valence-electron chi connectivity index (χ4n) is 3.48. The Morgan fingerprint density at radius 1 is 1.25 bits per heavy atom. The number of carbonyl (C=O) groups excluding carboxylic acids is 1. The smallest absolute Gasteiger partial charge is 0.242 e. The number of hydrogen-bond donors (Lipinski definition) is 2. The van der Waals surface area contributed by atoms with Crippen LogP contribution in [0.4, 0.5) is 5.69 Å². The lowest BCUT2D eigenvalue weighted by molar-refractivity contribution is -0.121. The van der Waals surface area contributed by atoms with Crippen molar-refractivity contribution < 1.29 is 4.79 Å². The van der Waals surface area contributed by atoms with Gasteiger partial charge in [-0.25, -0.2) is 0 Å². The van der Waals surface area contributed by atoms with Crippen LogP contribution in [-0.4, -0.2) is 18.5 Å². The summed E-state index contributed by atoms with van der Waals surface area (Å²) in [6, 6.07) is 8.09. The first-order valence-electron chi connectivity index (χ1n) is 7.95. The van der Waals surface area contributed by atoms with E-state index in [0.717, 1.165) is 31.0 Å². The van der Waals surface area contributed by atoms with E-state index < -0.39 is 0 Å². The molecule has 1 fully saturated rings. The van der Waals surface area contributed by atoms with Gasteiger partial charge in [0.2, 0.25) is 5.91 Å². The molecular weight excluding hydrogens is 248 g/mol. The Hall–Kier alpha value is -1.51. The Labute approximate surface area is 121 Å². The summed E-state index contributed by atoms with van der Waals surface area (Å²) in [4.78, 5) is 12.1. The molecule has 108 valence electrons. The molecule has 1 aliphatic heterocycles. The van der Waals surface area contributed by atoms with Crippen molar-refractivity contribution in [1.82, 2.24) is 5.32 Å². The van der Waals surface area contributed by atoms with Gasteiger partial charge in [-0.1, -0.05) is 43.9 Å². The van der Waals surface area contributed by atoms with E-state index >= 15 is 0 Å². The van der Waals surface area contributed by atoms with Crippen LogP contribution in [0.2, 0.25) is 0 Å². The molecule has 0 saturated heterocycles. The number of anilines is 1. The zero-order valence-corrected chi connectivity index (χ0v) is 12.0. The van der Waals surface area contributed by atoms with E-state index in [1.165, 1.54) is 37.7 Å². The zero-order valence-electron chi connectivity index (χ0n) is 12.0. The van der Waals surface area contributed by atoms with Gasteiger partial charge in [-0.2, -0.15) is 0 Å². The van der Waals surface area contributed by atoms with Crippen LogP contribution in [0.3, 0.4) is 0 Å². The first kappa shape index (κ1) is 13.5. The second-order valence-electron chi connectivity index (χ2n) is 6.14. The fraction of sp³-hybridized carbons (Fsp3) is 0.588. The van der Waals surface area contributed by atoms with Gasteiger partial charge >= 0.3 is 0 Å². The number of carbonyl (C=O) groups is 1. The average molecular weight is 272 g/mol. The predicted octanol–water partition coefficient (Wildman–Crippen LogP) is 3.11. The Kier molecular flexibility index (Phi) is 4.24. The summed E-state index contributed by atoms with van der Waals surface area (Å²) in [7, 11) is 0. The van der Waals surface area contributed by atoms with Gasteiger partial charge in [0.15, 0.2) is 0 Å². The van der Waals surface area contributed by atoms with Crippen molar-refractivity contribution in [3.8, 4) is 0 Å². The quantitative estimate of drug-likeness (QED) is 0.809. The summed E-state index contributed by atoms with van der Waals surface area (Å²) in [5.41, 5.74) is 2.36. The molecule has 1 saturated carbocycles. The molecule has 1 amide bonds. The van der Waals surface area contributed by atoms with Crippen molar-refractivity contribution in [2.75, 3.05) is 11.9 Å². The van der Waals surface area contributed by atoms with Gasteiger partial charge in [0.05, 0.1) is 0 Å². The standard InChI is InChI=1S/C17H24N2O/c20-17(18-11-5-8-13-6-1-2-7-13)16-12-14-9-3-4-10-15(14)19-16/h3-4,9-10,13,16,19H,1-2,5-8,11-12H2,(H,18,20). The second-order valence-corrected chi connectivity index (χ2v) is 6.14. The zero-order chi connectivity index (χ0) is 13.8. The van der Waals surface area contributed by atoms with Gasteiger partial charge in [-0.05, 0) is 30.4 Å². The van der Waals surface area contributed by atoms with Crippen molar-refractivity contribution in [3.05, 3.63) is 29.8 Å². The molecule has 1 aromatic carbocycles. The van der Waals surface area contributed by atoms with E-state index in [1.54, 1.807) is 0 Å². The van der Waals surface area contributed by atoms with Crippen LogP contribution in [0.25, 0.3) is 0 Å². The lowest BCUT2D eigenvalue weighted by Gasteiger charge is -2.13. The van der Waals surface area contributed by atoms with Crippen molar-refractivity contribution in [3.63, 3.8) is 0 Å². The van der Waals surface area contributed by atoms with Crippen LogP contribution in [0.5, 0.6) is 0 Å². The van der Waals surface area contributed by atoms with Gasteiger partial charge < -0.3 is 10.6 Å². The van der Waals surface area contributed by atoms with Gasteiger partial charge in [0, 0.05) is 18.7 Å². The molecule has 2 N–H and O–H groups in total. The molecule has 3 heteroatoms. The minimum absolute atomic E-state index is 0.0844. The van der Waals surface area contributed by atoms with Gasteiger partial charge in [-0.15, -0.1) is 0 Å². The Morgan fingerprint density at radius 3 is 2.85 bits per heavy atom. The normalized spacial score (nSPS) is 21.5. The third-order valence-corrected chi connectivity index (χ3v) is 4.65. The van der Waals surface area contributed by atoms with Crippen molar-refractivity contribution >= 4 is 11.6 Å². The van der Waals surface area contributed by atoms with Crippen LogP contribution in [0.15, 0.2) is 24.3 Å². The molecule has 1 aliphatic carbocycles. The molecule has 20 heavy (non-hydrogen) atoms. The van der Waals surface area contributed by atoms with Gasteiger partial charge in [0.1, 0.15) is 6.04 Å². The monoisotopic (exact) mass is 272 g/mol. The number of amides is 1. The summed E-state index contributed by atoms with van der Waals surface area (Å²) in [5.74, 6) is 1.06. The highest BCUT2D eigenvalue weighted by atomic mass is 16.2. The number of benzene rings is 1. The molecule has 1 unspecified atom stereocenters. The molecule has 1 heterocycles. The maximum atomic E-state index is 12.1.